The summed E-state index contributed by atoms with van der Waals surface area (Å²) >= 11 is 0. The molecule has 0 spiro atoms. The Hall–Kier alpha value is -0.570. The van der Waals surface area contributed by atoms with E-state index in [4.69, 9.17) is 0 Å². The van der Waals surface area contributed by atoms with Crippen molar-refractivity contribution in [1.82, 2.24) is 4.90 Å². The molecule has 19 heavy (non-hydrogen) atoms. The molecule has 1 unspecified atom stereocenters. The smallest absolute Gasteiger partial charge is 0.310 e. The van der Waals surface area contributed by atoms with Gasteiger partial charge in [0.15, 0.2) is 0 Å². The SMILES string of the molecule is CC1CCC(CN(C)C(C)C(C)(C)C)(C(=O)O)CC1. The molecule has 0 aromatic carbocycles. The highest BCUT2D eigenvalue weighted by Crippen LogP contribution is 2.40. The number of nitrogens with zero attached hydrogens (tertiary/aromatic N) is 1. The van der Waals surface area contributed by atoms with E-state index in [1.165, 1.54) is 0 Å². The molecule has 1 atom stereocenters. The molecule has 3 heteroatoms. The van der Waals surface area contributed by atoms with Crippen LogP contribution in [0.15, 0.2) is 0 Å². The fourth-order valence-corrected chi connectivity index (χ4v) is 3.03. The maximum absolute atomic E-state index is 11.8. The van der Waals surface area contributed by atoms with E-state index >= 15 is 0 Å². The number of hydrogen-bond donors (Lipinski definition) is 1. The molecule has 112 valence electrons. The quantitative estimate of drug-likeness (QED) is 0.847. The summed E-state index contributed by atoms with van der Waals surface area (Å²) in [5.74, 6) is 0.0742. The van der Waals surface area contributed by atoms with Gasteiger partial charge >= 0.3 is 5.97 Å². The fourth-order valence-electron chi connectivity index (χ4n) is 3.03. The highest BCUT2D eigenvalue weighted by Gasteiger charge is 2.43. The lowest BCUT2D eigenvalue weighted by atomic mass is 9.70. The van der Waals surface area contributed by atoms with Crippen LogP contribution >= 0.6 is 0 Å². The first-order valence-corrected chi connectivity index (χ1v) is 7.52. The molecular formula is C16H31NO2. The zero-order valence-electron chi connectivity index (χ0n) is 13.5. The normalized spacial score (nSPS) is 30.4. The van der Waals surface area contributed by atoms with E-state index in [1.807, 2.05) is 0 Å². The second-order valence-corrected chi connectivity index (χ2v) is 7.73. The van der Waals surface area contributed by atoms with Crippen molar-refractivity contribution in [3.63, 3.8) is 0 Å². The summed E-state index contributed by atoms with van der Waals surface area (Å²) in [4.78, 5) is 14.0. The summed E-state index contributed by atoms with van der Waals surface area (Å²) in [7, 11) is 2.07. The average molecular weight is 269 g/mol. The van der Waals surface area contributed by atoms with Crippen LogP contribution in [-0.2, 0) is 4.79 Å². The Morgan fingerprint density at radius 3 is 2.21 bits per heavy atom. The second-order valence-electron chi connectivity index (χ2n) is 7.73. The van der Waals surface area contributed by atoms with Crippen LogP contribution in [0.1, 0.15) is 60.3 Å². The fraction of sp³-hybridized carbons (Fsp3) is 0.938. The molecule has 0 aromatic heterocycles. The minimum atomic E-state index is -0.604. The van der Waals surface area contributed by atoms with E-state index < -0.39 is 11.4 Å². The van der Waals surface area contributed by atoms with Crippen molar-refractivity contribution in [2.45, 2.75) is 66.3 Å². The van der Waals surface area contributed by atoms with Gasteiger partial charge < -0.3 is 10.0 Å². The predicted octanol–water partition coefficient (Wildman–Crippen LogP) is 3.63. The lowest BCUT2D eigenvalue weighted by Crippen LogP contribution is -2.49. The lowest BCUT2D eigenvalue weighted by molar-refractivity contribution is -0.153. The van der Waals surface area contributed by atoms with Crippen LogP contribution in [0.3, 0.4) is 0 Å². The van der Waals surface area contributed by atoms with Crippen LogP contribution in [0, 0.1) is 16.7 Å². The van der Waals surface area contributed by atoms with Crippen LogP contribution in [0.2, 0.25) is 0 Å². The number of hydrogen-bond acceptors (Lipinski definition) is 2. The number of carboxylic acids is 1. The Morgan fingerprint density at radius 2 is 1.84 bits per heavy atom. The van der Waals surface area contributed by atoms with Crippen molar-refractivity contribution in [1.29, 1.82) is 0 Å². The molecule has 1 aliphatic carbocycles. The van der Waals surface area contributed by atoms with Crippen molar-refractivity contribution < 1.29 is 9.90 Å². The molecule has 0 heterocycles. The van der Waals surface area contributed by atoms with Gasteiger partial charge in [0.05, 0.1) is 5.41 Å². The predicted molar refractivity (Wildman–Crippen MR) is 79.2 cm³/mol. The van der Waals surface area contributed by atoms with E-state index in [9.17, 15) is 9.90 Å². The zero-order valence-corrected chi connectivity index (χ0v) is 13.5. The first-order chi connectivity index (χ1) is 8.58. The van der Waals surface area contributed by atoms with Crippen LogP contribution < -0.4 is 0 Å². The van der Waals surface area contributed by atoms with Gasteiger partial charge in [-0.1, -0.05) is 27.7 Å². The monoisotopic (exact) mass is 269 g/mol. The third-order valence-corrected chi connectivity index (χ3v) is 5.15. The molecule has 0 aromatic rings. The molecule has 1 rings (SSSR count). The van der Waals surface area contributed by atoms with Gasteiger partial charge in [0.1, 0.15) is 0 Å². The van der Waals surface area contributed by atoms with Crippen LogP contribution in [0.5, 0.6) is 0 Å². The van der Waals surface area contributed by atoms with E-state index in [-0.39, 0.29) is 5.41 Å². The number of rotatable bonds is 4. The minimum Gasteiger partial charge on any atom is -0.481 e. The van der Waals surface area contributed by atoms with Crippen molar-refractivity contribution in [3.05, 3.63) is 0 Å². The molecule has 3 nitrogen and oxygen atoms in total. The molecule has 1 saturated carbocycles. The molecule has 1 aliphatic rings. The summed E-state index contributed by atoms with van der Waals surface area (Å²) in [6.07, 6.45) is 3.74. The van der Waals surface area contributed by atoms with Crippen LogP contribution in [0.4, 0.5) is 0 Å². The number of carbonyl (C=O) groups is 1. The first kappa shape index (κ1) is 16.5. The highest BCUT2D eigenvalue weighted by atomic mass is 16.4. The van der Waals surface area contributed by atoms with Gasteiger partial charge in [0, 0.05) is 12.6 Å². The van der Waals surface area contributed by atoms with Gasteiger partial charge in [-0.05, 0) is 51.0 Å². The molecule has 0 aliphatic heterocycles. The van der Waals surface area contributed by atoms with Gasteiger partial charge in [-0.3, -0.25) is 4.79 Å². The van der Waals surface area contributed by atoms with Gasteiger partial charge in [0.25, 0.3) is 0 Å². The third-order valence-electron chi connectivity index (χ3n) is 5.15. The number of carboxylic acid groups (broad SMARTS) is 1. The molecule has 0 amide bonds. The van der Waals surface area contributed by atoms with Crippen molar-refractivity contribution in [2.24, 2.45) is 16.7 Å². The lowest BCUT2D eigenvalue weighted by Gasteiger charge is -2.43. The molecule has 0 bridgehead atoms. The summed E-state index contributed by atoms with van der Waals surface area (Å²) in [5, 5.41) is 9.68. The first-order valence-electron chi connectivity index (χ1n) is 7.52. The summed E-state index contributed by atoms with van der Waals surface area (Å²) in [5.41, 5.74) is -0.350. The molecular weight excluding hydrogens is 238 g/mol. The Kier molecular flexibility index (Phi) is 5.05. The van der Waals surface area contributed by atoms with Crippen molar-refractivity contribution in [2.75, 3.05) is 13.6 Å². The molecule has 1 N–H and O–H groups in total. The van der Waals surface area contributed by atoms with Gasteiger partial charge in [0.2, 0.25) is 0 Å². The Labute approximate surface area is 118 Å². The van der Waals surface area contributed by atoms with Gasteiger partial charge in [-0.25, -0.2) is 0 Å². The standard InChI is InChI=1S/C16H31NO2/c1-12-7-9-16(10-8-12,14(18)19)11-17(6)13(2)15(3,4)5/h12-13H,7-11H2,1-6H3,(H,18,19). The van der Waals surface area contributed by atoms with Crippen molar-refractivity contribution >= 4 is 5.97 Å². The third kappa shape index (κ3) is 3.95. The molecule has 0 radical (unpaired) electrons. The van der Waals surface area contributed by atoms with E-state index in [1.54, 1.807) is 0 Å². The summed E-state index contributed by atoms with van der Waals surface area (Å²) in [6.45, 7) is 11.7. The van der Waals surface area contributed by atoms with Crippen LogP contribution in [-0.4, -0.2) is 35.6 Å². The average Bonchev–Trinajstić information content (AvgIpc) is 2.29. The maximum Gasteiger partial charge on any atom is 0.310 e. The second kappa shape index (κ2) is 5.82. The number of aliphatic carboxylic acids is 1. The van der Waals surface area contributed by atoms with E-state index in [2.05, 4.69) is 46.6 Å². The highest BCUT2D eigenvalue weighted by molar-refractivity contribution is 5.75. The Morgan fingerprint density at radius 1 is 1.37 bits per heavy atom. The summed E-state index contributed by atoms with van der Waals surface area (Å²) < 4.78 is 0. The van der Waals surface area contributed by atoms with Gasteiger partial charge in [-0.15, -0.1) is 0 Å². The van der Waals surface area contributed by atoms with Gasteiger partial charge in [-0.2, -0.15) is 0 Å². The van der Waals surface area contributed by atoms with E-state index in [0.717, 1.165) is 25.7 Å². The Bertz CT molecular complexity index is 311. The summed E-state index contributed by atoms with van der Waals surface area (Å²) in [6, 6.07) is 0.378. The minimum absolute atomic E-state index is 0.177. The van der Waals surface area contributed by atoms with Crippen molar-refractivity contribution in [3.8, 4) is 0 Å². The zero-order chi connectivity index (χ0) is 14.8. The van der Waals surface area contributed by atoms with E-state index in [0.29, 0.717) is 18.5 Å². The largest absolute Gasteiger partial charge is 0.481 e. The Balaban J connectivity index is 2.77. The molecule has 1 fully saturated rings. The maximum atomic E-state index is 11.8. The van der Waals surface area contributed by atoms with Crippen LogP contribution in [0.25, 0.3) is 0 Å². The molecule has 0 saturated heterocycles. The topological polar surface area (TPSA) is 40.5 Å².